The van der Waals surface area contributed by atoms with E-state index in [9.17, 15) is 4.79 Å². The Morgan fingerprint density at radius 2 is 1.90 bits per heavy atom. The predicted octanol–water partition coefficient (Wildman–Crippen LogP) is 3.07. The van der Waals surface area contributed by atoms with Crippen LogP contribution in [0, 0.1) is 6.92 Å². The van der Waals surface area contributed by atoms with E-state index in [1.54, 1.807) is 14.2 Å². The fourth-order valence-corrected chi connectivity index (χ4v) is 2.23. The number of benzene rings is 1. The van der Waals surface area contributed by atoms with Crippen molar-refractivity contribution in [2.45, 2.75) is 39.5 Å². The van der Waals surface area contributed by atoms with Crippen LogP contribution in [0.5, 0.6) is 5.75 Å². The van der Waals surface area contributed by atoms with E-state index in [4.69, 9.17) is 9.47 Å². The molecule has 0 aliphatic carbocycles. The van der Waals surface area contributed by atoms with Crippen LogP contribution in [0.4, 0.5) is 0 Å². The molecular formula is C17H27NO3. The van der Waals surface area contributed by atoms with Crippen molar-refractivity contribution in [1.82, 2.24) is 5.32 Å². The molecule has 1 aromatic carbocycles. The highest BCUT2D eigenvalue weighted by molar-refractivity contribution is 5.97. The molecule has 0 unspecified atom stereocenters. The van der Waals surface area contributed by atoms with E-state index in [1.807, 2.05) is 13.0 Å². The Morgan fingerprint density at radius 1 is 1.24 bits per heavy atom. The molecule has 0 atom stereocenters. The van der Waals surface area contributed by atoms with Crippen molar-refractivity contribution in [3.63, 3.8) is 0 Å². The standard InChI is InChI=1S/C17H27NO3/c1-12-10-13(16(19)18-8-7-9-20-5)15(21-6)14(11-12)17(2,3)4/h10-11H,7-9H2,1-6H3,(H,18,19). The Morgan fingerprint density at radius 3 is 2.43 bits per heavy atom. The molecule has 1 N–H and O–H groups in total. The summed E-state index contributed by atoms with van der Waals surface area (Å²) in [6.45, 7) is 9.57. The first-order valence-electron chi connectivity index (χ1n) is 7.27. The Bertz CT molecular complexity index is 490. The predicted molar refractivity (Wildman–Crippen MR) is 85.3 cm³/mol. The van der Waals surface area contributed by atoms with Crippen molar-refractivity contribution in [2.75, 3.05) is 27.4 Å². The number of rotatable bonds is 6. The van der Waals surface area contributed by atoms with Crippen molar-refractivity contribution >= 4 is 5.91 Å². The maximum absolute atomic E-state index is 12.4. The van der Waals surface area contributed by atoms with E-state index >= 15 is 0 Å². The maximum atomic E-state index is 12.4. The van der Waals surface area contributed by atoms with Crippen LogP contribution in [0.25, 0.3) is 0 Å². The minimum Gasteiger partial charge on any atom is -0.496 e. The Balaban J connectivity index is 3.06. The number of amides is 1. The molecule has 1 rings (SSSR count). The molecule has 0 aliphatic rings. The van der Waals surface area contributed by atoms with E-state index in [-0.39, 0.29) is 11.3 Å². The third-order valence-corrected chi connectivity index (χ3v) is 3.30. The fraction of sp³-hybridized carbons (Fsp3) is 0.588. The zero-order valence-corrected chi connectivity index (χ0v) is 14.0. The van der Waals surface area contributed by atoms with Crippen molar-refractivity contribution in [3.8, 4) is 5.75 Å². The molecule has 4 nitrogen and oxygen atoms in total. The quantitative estimate of drug-likeness (QED) is 0.820. The smallest absolute Gasteiger partial charge is 0.255 e. The number of carbonyl (C=O) groups excluding carboxylic acids is 1. The lowest BCUT2D eigenvalue weighted by molar-refractivity contribution is 0.0945. The van der Waals surface area contributed by atoms with Gasteiger partial charge in [0.05, 0.1) is 12.7 Å². The summed E-state index contributed by atoms with van der Waals surface area (Å²) in [5, 5.41) is 2.92. The Hall–Kier alpha value is -1.55. The van der Waals surface area contributed by atoms with E-state index in [1.165, 1.54) is 0 Å². The number of aryl methyl sites for hydroxylation is 1. The van der Waals surface area contributed by atoms with Gasteiger partial charge in [0.25, 0.3) is 5.91 Å². The minimum atomic E-state index is -0.0999. The Kier molecular flexibility index (Phi) is 6.21. The second-order valence-corrected chi connectivity index (χ2v) is 6.25. The number of ether oxygens (including phenoxy) is 2. The zero-order chi connectivity index (χ0) is 16.0. The van der Waals surface area contributed by atoms with Crippen LogP contribution in [0.2, 0.25) is 0 Å². The van der Waals surface area contributed by atoms with E-state index in [0.717, 1.165) is 17.5 Å². The molecule has 21 heavy (non-hydrogen) atoms. The van der Waals surface area contributed by atoms with Gasteiger partial charge in [-0.05, 0) is 30.4 Å². The summed E-state index contributed by atoms with van der Waals surface area (Å²) >= 11 is 0. The second-order valence-electron chi connectivity index (χ2n) is 6.25. The summed E-state index contributed by atoms with van der Waals surface area (Å²) in [6, 6.07) is 3.96. The van der Waals surface area contributed by atoms with Crippen LogP contribution in [0.15, 0.2) is 12.1 Å². The van der Waals surface area contributed by atoms with E-state index in [0.29, 0.717) is 24.5 Å². The van der Waals surface area contributed by atoms with E-state index < -0.39 is 0 Å². The zero-order valence-electron chi connectivity index (χ0n) is 14.0. The largest absolute Gasteiger partial charge is 0.496 e. The highest BCUT2D eigenvalue weighted by Gasteiger charge is 2.24. The van der Waals surface area contributed by atoms with Crippen LogP contribution in [-0.2, 0) is 10.2 Å². The first-order chi connectivity index (χ1) is 9.81. The van der Waals surface area contributed by atoms with Crippen molar-refractivity contribution < 1.29 is 14.3 Å². The number of hydrogen-bond donors (Lipinski definition) is 1. The van der Waals surface area contributed by atoms with Crippen LogP contribution in [0.1, 0.15) is 48.7 Å². The van der Waals surface area contributed by atoms with Crippen LogP contribution in [0.3, 0.4) is 0 Å². The first-order valence-corrected chi connectivity index (χ1v) is 7.27. The molecule has 0 aromatic heterocycles. The van der Waals surface area contributed by atoms with Gasteiger partial charge in [0.1, 0.15) is 5.75 Å². The summed E-state index contributed by atoms with van der Waals surface area (Å²) in [5.74, 6) is 0.564. The monoisotopic (exact) mass is 293 g/mol. The lowest BCUT2D eigenvalue weighted by Crippen LogP contribution is -2.27. The minimum absolute atomic E-state index is 0.0809. The molecule has 0 saturated carbocycles. The molecule has 0 saturated heterocycles. The van der Waals surface area contributed by atoms with Gasteiger partial charge in [-0.25, -0.2) is 0 Å². The molecule has 0 bridgehead atoms. The molecule has 0 spiro atoms. The van der Waals surface area contributed by atoms with Crippen molar-refractivity contribution in [3.05, 3.63) is 28.8 Å². The van der Waals surface area contributed by atoms with Gasteiger partial charge in [0.2, 0.25) is 0 Å². The summed E-state index contributed by atoms with van der Waals surface area (Å²) < 4.78 is 10.5. The summed E-state index contributed by atoms with van der Waals surface area (Å²) in [5.41, 5.74) is 2.62. The molecule has 0 heterocycles. The molecule has 0 fully saturated rings. The summed E-state index contributed by atoms with van der Waals surface area (Å²) in [6.07, 6.45) is 0.794. The number of hydrogen-bond acceptors (Lipinski definition) is 3. The van der Waals surface area contributed by atoms with Gasteiger partial charge in [-0.15, -0.1) is 0 Å². The normalized spacial score (nSPS) is 11.3. The van der Waals surface area contributed by atoms with Gasteiger partial charge in [-0.1, -0.05) is 26.8 Å². The summed E-state index contributed by atoms with van der Waals surface area (Å²) in [7, 11) is 3.27. The van der Waals surface area contributed by atoms with Gasteiger partial charge in [0.15, 0.2) is 0 Å². The van der Waals surface area contributed by atoms with Gasteiger partial charge in [-0.3, -0.25) is 4.79 Å². The number of nitrogens with one attached hydrogen (secondary N) is 1. The third-order valence-electron chi connectivity index (χ3n) is 3.30. The van der Waals surface area contributed by atoms with Gasteiger partial charge >= 0.3 is 0 Å². The van der Waals surface area contributed by atoms with E-state index in [2.05, 4.69) is 32.2 Å². The average molecular weight is 293 g/mol. The van der Waals surface area contributed by atoms with Crippen molar-refractivity contribution in [2.24, 2.45) is 0 Å². The first kappa shape index (κ1) is 17.5. The highest BCUT2D eigenvalue weighted by Crippen LogP contribution is 2.35. The van der Waals surface area contributed by atoms with Gasteiger partial charge in [-0.2, -0.15) is 0 Å². The molecule has 1 aromatic rings. The number of carbonyl (C=O) groups is 1. The average Bonchev–Trinajstić information content (AvgIpc) is 2.41. The Labute approximate surface area is 127 Å². The van der Waals surface area contributed by atoms with Crippen LogP contribution >= 0.6 is 0 Å². The maximum Gasteiger partial charge on any atom is 0.255 e. The molecular weight excluding hydrogens is 266 g/mol. The second kappa shape index (κ2) is 7.46. The van der Waals surface area contributed by atoms with Crippen LogP contribution < -0.4 is 10.1 Å². The molecule has 1 amide bonds. The van der Waals surface area contributed by atoms with Crippen LogP contribution in [-0.4, -0.2) is 33.3 Å². The lowest BCUT2D eigenvalue weighted by Gasteiger charge is -2.24. The molecule has 4 heteroatoms. The highest BCUT2D eigenvalue weighted by atomic mass is 16.5. The molecule has 118 valence electrons. The van der Waals surface area contributed by atoms with Crippen molar-refractivity contribution in [1.29, 1.82) is 0 Å². The summed E-state index contributed by atoms with van der Waals surface area (Å²) in [4.78, 5) is 12.4. The SMILES string of the molecule is COCCCNC(=O)c1cc(C)cc(C(C)(C)C)c1OC. The lowest BCUT2D eigenvalue weighted by atomic mass is 9.84. The topological polar surface area (TPSA) is 47.6 Å². The third kappa shape index (κ3) is 4.74. The fourth-order valence-electron chi connectivity index (χ4n) is 2.23. The van der Waals surface area contributed by atoms with Gasteiger partial charge < -0.3 is 14.8 Å². The number of methoxy groups -OCH3 is 2. The van der Waals surface area contributed by atoms with Gasteiger partial charge in [0, 0.05) is 25.8 Å². The molecule has 0 aliphatic heterocycles. The molecule has 0 radical (unpaired) electrons.